The number of hydrogen-bond donors (Lipinski definition) is 1. The summed E-state index contributed by atoms with van der Waals surface area (Å²) >= 11 is 0. The molecule has 92 valence electrons. The fourth-order valence-corrected chi connectivity index (χ4v) is 2.46. The topological polar surface area (TPSA) is 15.3 Å². The van der Waals surface area contributed by atoms with Gasteiger partial charge in [-0.2, -0.15) is 0 Å². The highest BCUT2D eigenvalue weighted by Crippen LogP contribution is 2.47. The zero-order chi connectivity index (χ0) is 9.53. The molecule has 1 atom stereocenters. The summed E-state index contributed by atoms with van der Waals surface area (Å²) in [7, 11) is 0. The molecule has 15 heavy (non-hydrogen) atoms. The van der Waals surface area contributed by atoms with Crippen molar-refractivity contribution in [2.24, 2.45) is 5.41 Å². The van der Waals surface area contributed by atoms with Crippen molar-refractivity contribution in [2.45, 2.75) is 19.3 Å². The van der Waals surface area contributed by atoms with Crippen LogP contribution in [0.5, 0.6) is 0 Å². The molecule has 0 saturated carbocycles. The van der Waals surface area contributed by atoms with E-state index in [-0.39, 0.29) is 31.4 Å². The summed E-state index contributed by atoms with van der Waals surface area (Å²) in [6, 6.07) is 0. The van der Waals surface area contributed by atoms with Crippen molar-refractivity contribution < 1.29 is 8.78 Å². The Labute approximate surface area is 102 Å². The molecular formula is C9H18Cl2F2N2. The van der Waals surface area contributed by atoms with E-state index in [1.165, 1.54) is 0 Å². The van der Waals surface area contributed by atoms with Gasteiger partial charge in [-0.3, -0.25) is 4.90 Å². The predicted octanol–water partition coefficient (Wildman–Crippen LogP) is 1.78. The highest BCUT2D eigenvalue weighted by atomic mass is 35.5. The van der Waals surface area contributed by atoms with Crippen molar-refractivity contribution in [1.29, 1.82) is 0 Å². The fraction of sp³-hybridized carbons (Fsp3) is 1.00. The molecule has 2 nitrogen and oxygen atoms in total. The van der Waals surface area contributed by atoms with E-state index >= 15 is 0 Å². The first-order valence-corrected chi connectivity index (χ1v) is 4.91. The van der Waals surface area contributed by atoms with Crippen LogP contribution in [0.1, 0.15) is 13.3 Å². The number of halogens is 4. The summed E-state index contributed by atoms with van der Waals surface area (Å²) in [4.78, 5) is 1.85. The van der Waals surface area contributed by atoms with E-state index in [1.807, 2.05) is 11.8 Å². The van der Waals surface area contributed by atoms with Gasteiger partial charge in [0.15, 0.2) is 0 Å². The number of likely N-dealkylation sites (tertiary alicyclic amines) is 1. The first-order valence-electron chi connectivity index (χ1n) is 4.91. The molecule has 1 N–H and O–H groups in total. The molecule has 2 aliphatic rings. The second kappa shape index (κ2) is 5.13. The van der Waals surface area contributed by atoms with Crippen LogP contribution in [0.2, 0.25) is 0 Å². The van der Waals surface area contributed by atoms with E-state index in [1.54, 1.807) is 0 Å². The molecular weight excluding hydrogens is 245 g/mol. The Morgan fingerprint density at radius 3 is 2.33 bits per heavy atom. The zero-order valence-corrected chi connectivity index (χ0v) is 10.4. The summed E-state index contributed by atoms with van der Waals surface area (Å²) < 4.78 is 27.3. The standard InChI is InChI=1S/C9H16F2N2.2ClH/c1-2-13-6-8(3-4-12-5-8)9(10,11)7-13;;/h12H,2-7H2,1H3;2*1H. The SMILES string of the molecule is CCN1CC(F)(F)C2(CCNC2)C1.Cl.Cl. The van der Waals surface area contributed by atoms with Gasteiger partial charge in [-0.15, -0.1) is 24.8 Å². The molecule has 2 rings (SSSR count). The third-order valence-electron chi connectivity index (χ3n) is 3.42. The first kappa shape index (κ1) is 15.4. The smallest absolute Gasteiger partial charge is 0.268 e. The normalized spacial score (nSPS) is 33.8. The van der Waals surface area contributed by atoms with Crippen LogP contribution in [-0.4, -0.2) is 43.5 Å². The fourth-order valence-electron chi connectivity index (χ4n) is 2.46. The van der Waals surface area contributed by atoms with Gasteiger partial charge in [-0.05, 0) is 19.5 Å². The lowest BCUT2D eigenvalue weighted by molar-refractivity contribution is -0.0746. The summed E-state index contributed by atoms with van der Waals surface area (Å²) in [5.74, 6) is -2.49. The molecule has 6 heteroatoms. The van der Waals surface area contributed by atoms with E-state index in [0.29, 0.717) is 19.5 Å². The summed E-state index contributed by atoms with van der Waals surface area (Å²) in [5, 5.41) is 3.05. The molecule has 2 aliphatic heterocycles. The van der Waals surface area contributed by atoms with Gasteiger partial charge in [0.1, 0.15) is 0 Å². The second-order valence-corrected chi connectivity index (χ2v) is 4.21. The van der Waals surface area contributed by atoms with E-state index in [0.717, 1.165) is 13.1 Å². The van der Waals surface area contributed by atoms with Crippen LogP contribution in [0.15, 0.2) is 0 Å². The monoisotopic (exact) mass is 262 g/mol. The third kappa shape index (κ3) is 2.38. The van der Waals surface area contributed by atoms with Gasteiger partial charge in [0.2, 0.25) is 0 Å². The van der Waals surface area contributed by atoms with Crippen molar-refractivity contribution >= 4 is 24.8 Å². The number of alkyl halides is 2. The quantitative estimate of drug-likeness (QED) is 0.775. The van der Waals surface area contributed by atoms with Crippen molar-refractivity contribution in [2.75, 3.05) is 32.7 Å². The highest BCUT2D eigenvalue weighted by Gasteiger charge is 2.60. The second-order valence-electron chi connectivity index (χ2n) is 4.21. The van der Waals surface area contributed by atoms with Crippen LogP contribution < -0.4 is 5.32 Å². The Kier molecular flexibility index (Phi) is 5.25. The Balaban J connectivity index is 0.000000980. The van der Waals surface area contributed by atoms with E-state index in [9.17, 15) is 8.78 Å². The molecule has 1 spiro atoms. The van der Waals surface area contributed by atoms with Gasteiger partial charge in [0.05, 0.1) is 12.0 Å². The van der Waals surface area contributed by atoms with Crippen LogP contribution in [0.25, 0.3) is 0 Å². The lowest BCUT2D eigenvalue weighted by Crippen LogP contribution is -2.41. The first-order chi connectivity index (χ1) is 6.10. The molecule has 1 unspecified atom stereocenters. The number of rotatable bonds is 1. The summed E-state index contributed by atoms with van der Waals surface area (Å²) in [6.07, 6.45) is 0.622. The third-order valence-corrected chi connectivity index (χ3v) is 3.42. The molecule has 0 aromatic heterocycles. The Morgan fingerprint density at radius 1 is 1.27 bits per heavy atom. The molecule has 2 heterocycles. The van der Waals surface area contributed by atoms with E-state index in [2.05, 4.69) is 5.32 Å². The van der Waals surface area contributed by atoms with Crippen molar-refractivity contribution in [3.05, 3.63) is 0 Å². The van der Waals surface area contributed by atoms with Gasteiger partial charge in [-0.25, -0.2) is 8.78 Å². The Morgan fingerprint density at radius 2 is 1.93 bits per heavy atom. The van der Waals surface area contributed by atoms with Crippen LogP contribution in [-0.2, 0) is 0 Å². The van der Waals surface area contributed by atoms with Crippen molar-refractivity contribution in [3.63, 3.8) is 0 Å². The average molecular weight is 263 g/mol. The van der Waals surface area contributed by atoms with E-state index < -0.39 is 11.3 Å². The van der Waals surface area contributed by atoms with Crippen LogP contribution >= 0.6 is 24.8 Å². The summed E-state index contributed by atoms with van der Waals surface area (Å²) in [5.41, 5.74) is -0.761. The number of nitrogens with one attached hydrogen (secondary N) is 1. The molecule has 0 aromatic rings. The number of hydrogen-bond acceptors (Lipinski definition) is 2. The molecule has 0 aromatic carbocycles. The molecule has 0 aliphatic carbocycles. The molecule has 0 radical (unpaired) electrons. The number of nitrogens with zero attached hydrogens (tertiary/aromatic N) is 1. The largest absolute Gasteiger partial charge is 0.316 e. The van der Waals surface area contributed by atoms with Gasteiger partial charge in [-0.1, -0.05) is 6.92 Å². The minimum Gasteiger partial charge on any atom is -0.316 e. The van der Waals surface area contributed by atoms with Gasteiger partial charge in [0, 0.05) is 13.1 Å². The molecule has 2 saturated heterocycles. The van der Waals surface area contributed by atoms with Crippen LogP contribution in [0, 0.1) is 5.41 Å². The van der Waals surface area contributed by atoms with E-state index in [4.69, 9.17) is 0 Å². The van der Waals surface area contributed by atoms with Gasteiger partial charge in [0.25, 0.3) is 5.92 Å². The molecule has 0 bridgehead atoms. The lowest BCUT2D eigenvalue weighted by Gasteiger charge is -2.28. The van der Waals surface area contributed by atoms with Crippen molar-refractivity contribution in [3.8, 4) is 0 Å². The highest BCUT2D eigenvalue weighted by molar-refractivity contribution is 5.85. The maximum absolute atomic E-state index is 13.7. The minimum absolute atomic E-state index is 0. The Bertz CT molecular complexity index is 208. The Hall–Kier alpha value is 0.360. The maximum atomic E-state index is 13.7. The summed E-state index contributed by atoms with van der Waals surface area (Å²) in [6.45, 7) is 4.41. The predicted molar refractivity (Wildman–Crippen MR) is 61.5 cm³/mol. The van der Waals surface area contributed by atoms with Gasteiger partial charge >= 0.3 is 0 Å². The van der Waals surface area contributed by atoms with Crippen molar-refractivity contribution in [1.82, 2.24) is 10.2 Å². The van der Waals surface area contributed by atoms with Crippen LogP contribution in [0.4, 0.5) is 8.78 Å². The van der Waals surface area contributed by atoms with Gasteiger partial charge < -0.3 is 5.32 Å². The average Bonchev–Trinajstić information content (AvgIpc) is 2.61. The molecule has 0 amide bonds. The zero-order valence-electron chi connectivity index (χ0n) is 8.76. The minimum atomic E-state index is -2.49. The van der Waals surface area contributed by atoms with Crippen LogP contribution in [0.3, 0.4) is 0 Å². The lowest BCUT2D eigenvalue weighted by atomic mass is 9.83. The maximum Gasteiger partial charge on any atom is 0.268 e. The molecule has 2 fully saturated rings.